The van der Waals surface area contributed by atoms with Gasteiger partial charge in [-0.3, -0.25) is 4.79 Å². The van der Waals surface area contributed by atoms with E-state index in [0.717, 1.165) is 0 Å². The summed E-state index contributed by atoms with van der Waals surface area (Å²) in [6.07, 6.45) is 1.32. The van der Waals surface area contributed by atoms with Crippen LogP contribution in [0.2, 0.25) is 0 Å². The number of hydrogen-bond donors (Lipinski definition) is 0. The highest BCUT2D eigenvalue weighted by Crippen LogP contribution is 1.89. The van der Waals surface area contributed by atoms with E-state index in [9.17, 15) is 9.59 Å². The maximum Gasteiger partial charge on any atom is 0.421 e. The molecular weight excluding hydrogens is 148 g/mol. The van der Waals surface area contributed by atoms with Crippen molar-refractivity contribution < 1.29 is 19.1 Å². The molecule has 0 fully saturated rings. The van der Waals surface area contributed by atoms with Gasteiger partial charge in [0.2, 0.25) is 0 Å². The topological polar surface area (TPSA) is 79.8 Å². The molecule has 0 rings (SSSR count). The molecule has 0 unspecified atom stereocenters. The molecule has 0 aromatic heterocycles. The van der Waals surface area contributed by atoms with Crippen molar-refractivity contribution in [3.8, 4) is 0 Å². The maximum absolute atomic E-state index is 10.5. The maximum atomic E-state index is 10.5. The van der Waals surface area contributed by atoms with Crippen molar-refractivity contribution in [2.24, 2.45) is 0 Å². The molecule has 0 radical (unpaired) electrons. The van der Waals surface area contributed by atoms with Crippen LogP contribution < -0.4 is 0 Å². The largest absolute Gasteiger partial charge is 0.421 e. The van der Waals surface area contributed by atoms with Crippen LogP contribution in [0.1, 0.15) is 19.8 Å². The molecule has 0 aliphatic rings. The van der Waals surface area contributed by atoms with Gasteiger partial charge in [-0.25, -0.2) is 4.79 Å². The van der Waals surface area contributed by atoms with Gasteiger partial charge < -0.3 is 10.3 Å². The summed E-state index contributed by atoms with van der Waals surface area (Å²) in [4.78, 5) is 23.3. The number of esters is 2. The van der Waals surface area contributed by atoms with Crippen LogP contribution in [0.3, 0.4) is 0 Å². The van der Waals surface area contributed by atoms with Gasteiger partial charge in [0.1, 0.15) is 0 Å². The molecule has 11 heavy (non-hydrogen) atoms. The Morgan fingerprint density at radius 1 is 1.64 bits per heavy atom. The van der Waals surface area contributed by atoms with Crippen molar-refractivity contribution in [1.82, 2.24) is 0 Å². The lowest BCUT2D eigenvalue weighted by Gasteiger charge is -1.92. The normalized spacial score (nSPS) is 8.09. The Kier molecular flexibility index (Phi) is 4.60. The lowest BCUT2D eigenvalue weighted by Crippen LogP contribution is -2.12. The van der Waals surface area contributed by atoms with Gasteiger partial charge in [-0.05, 0) is 6.42 Å². The van der Waals surface area contributed by atoms with E-state index < -0.39 is 11.9 Å². The molecule has 0 aromatic rings. The predicted octanol–water partition coefficient (Wildman–Crippen LogP) is 0.157. The van der Waals surface area contributed by atoms with E-state index in [1.807, 2.05) is 0 Å². The summed E-state index contributed by atoms with van der Waals surface area (Å²) < 4.78 is 4.14. The molecule has 0 amide bonds. The van der Waals surface area contributed by atoms with Crippen LogP contribution in [-0.2, 0) is 14.3 Å². The van der Waals surface area contributed by atoms with E-state index in [1.165, 1.54) is 0 Å². The van der Waals surface area contributed by atoms with Crippen molar-refractivity contribution in [2.45, 2.75) is 19.8 Å². The van der Waals surface area contributed by atoms with Crippen LogP contribution in [0.15, 0.2) is 0 Å². The molecule has 0 bridgehead atoms. The molecule has 0 saturated carbocycles. The van der Waals surface area contributed by atoms with Crippen LogP contribution >= 0.6 is 0 Å². The predicted molar refractivity (Wildman–Crippen MR) is 35.7 cm³/mol. The van der Waals surface area contributed by atoms with Gasteiger partial charge in [-0.1, -0.05) is 6.92 Å². The molecule has 60 valence electrons. The Morgan fingerprint density at radius 3 is 2.73 bits per heavy atom. The quantitative estimate of drug-likeness (QED) is 0.192. The zero-order chi connectivity index (χ0) is 8.69. The highest BCUT2D eigenvalue weighted by Gasteiger charge is 2.09. The standard InChI is InChI=1S/C6H8N2O3/c1-2-3-5(9)11-6(10)4-8-7/h4H,2-3H2,1H3. The third-order valence-corrected chi connectivity index (χ3v) is 0.832. The Morgan fingerprint density at radius 2 is 2.27 bits per heavy atom. The third kappa shape index (κ3) is 4.99. The number of nitrogens with zero attached hydrogens (tertiary/aromatic N) is 2. The minimum atomic E-state index is -0.953. The van der Waals surface area contributed by atoms with Crippen LogP contribution in [0, 0.1) is 0 Å². The summed E-state index contributed by atoms with van der Waals surface area (Å²) in [5.74, 6) is -1.57. The van der Waals surface area contributed by atoms with Gasteiger partial charge in [0, 0.05) is 6.42 Å². The summed E-state index contributed by atoms with van der Waals surface area (Å²) in [6.45, 7) is 1.78. The first-order valence-corrected chi connectivity index (χ1v) is 3.12. The minimum absolute atomic E-state index is 0.186. The van der Waals surface area contributed by atoms with Crippen LogP contribution in [0.25, 0.3) is 5.53 Å². The Labute approximate surface area is 63.6 Å². The third-order valence-electron chi connectivity index (χ3n) is 0.832. The average Bonchev–Trinajstić information content (AvgIpc) is 1.87. The first-order valence-electron chi connectivity index (χ1n) is 3.12. The first-order chi connectivity index (χ1) is 5.20. The molecule has 5 nitrogen and oxygen atoms in total. The average molecular weight is 156 g/mol. The number of carbonyl (C=O) groups excluding carboxylic acids is 2. The molecular formula is C6H8N2O3. The van der Waals surface area contributed by atoms with E-state index in [-0.39, 0.29) is 6.42 Å². The Balaban J connectivity index is 3.75. The summed E-state index contributed by atoms with van der Waals surface area (Å²) in [7, 11) is 0. The van der Waals surface area contributed by atoms with Crippen LogP contribution in [0.5, 0.6) is 0 Å². The molecule has 0 spiro atoms. The van der Waals surface area contributed by atoms with E-state index in [4.69, 9.17) is 5.53 Å². The molecule has 0 heterocycles. The van der Waals surface area contributed by atoms with Gasteiger partial charge in [0.25, 0.3) is 0 Å². The summed E-state index contributed by atoms with van der Waals surface area (Å²) in [5, 5.41) is 0. The zero-order valence-corrected chi connectivity index (χ0v) is 6.11. The molecule has 0 aliphatic carbocycles. The second-order valence-corrected chi connectivity index (χ2v) is 1.79. The Bertz CT molecular complexity index is 206. The number of ether oxygens (including phenoxy) is 1. The summed E-state index contributed by atoms with van der Waals surface area (Å²) in [5.41, 5.74) is 7.84. The van der Waals surface area contributed by atoms with E-state index >= 15 is 0 Å². The van der Waals surface area contributed by atoms with Crippen LogP contribution in [-0.4, -0.2) is 22.9 Å². The van der Waals surface area contributed by atoms with Crippen molar-refractivity contribution in [1.29, 1.82) is 0 Å². The second kappa shape index (κ2) is 5.32. The smallest absolute Gasteiger partial charge is 0.385 e. The monoisotopic (exact) mass is 156 g/mol. The van der Waals surface area contributed by atoms with Gasteiger partial charge in [0.15, 0.2) is 0 Å². The summed E-state index contributed by atoms with van der Waals surface area (Å²) >= 11 is 0. The molecule has 0 N–H and O–H groups in total. The highest BCUT2D eigenvalue weighted by molar-refractivity contribution is 6.23. The SMILES string of the molecule is CCCC(=O)OC(=O)C=[N+]=[N-]. The van der Waals surface area contributed by atoms with Gasteiger partial charge in [0.05, 0.1) is 0 Å². The van der Waals surface area contributed by atoms with E-state index in [1.54, 1.807) is 6.92 Å². The fraction of sp³-hybridized carbons (Fsp3) is 0.500. The summed E-state index contributed by atoms with van der Waals surface area (Å²) in [6, 6.07) is 0. The lowest BCUT2D eigenvalue weighted by atomic mass is 10.3. The molecule has 0 atom stereocenters. The number of hydrogen-bond acceptors (Lipinski definition) is 3. The lowest BCUT2D eigenvalue weighted by molar-refractivity contribution is -0.156. The van der Waals surface area contributed by atoms with E-state index in [0.29, 0.717) is 12.6 Å². The highest BCUT2D eigenvalue weighted by atomic mass is 16.6. The Hall–Kier alpha value is -1.48. The van der Waals surface area contributed by atoms with Gasteiger partial charge in [-0.2, -0.15) is 4.79 Å². The number of rotatable bonds is 3. The first kappa shape index (κ1) is 9.52. The van der Waals surface area contributed by atoms with Crippen LogP contribution in [0.4, 0.5) is 0 Å². The zero-order valence-electron chi connectivity index (χ0n) is 6.11. The molecule has 0 aliphatic heterocycles. The number of carbonyl (C=O) groups is 2. The fourth-order valence-electron chi connectivity index (χ4n) is 0.441. The second-order valence-electron chi connectivity index (χ2n) is 1.79. The van der Waals surface area contributed by atoms with Crippen molar-refractivity contribution in [3.05, 3.63) is 5.53 Å². The molecule has 0 saturated heterocycles. The minimum Gasteiger partial charge on any atom is -0.385 e. The van der Waals surface area contributed by atoms with E-state index in [2.05, 4.69) is 9.53 Å². The van der Waals surface area contributed by atoms with Crippen molar-refractivity contribution in [3.63, 3.8) is 0 Å². The van der Waals surface area contributed by atoms with Gasteiger partial charge >= 0.3 is 18.2 Å². The fourth-order valence-corrected chi connectivity index (χ4v) is 0.441. The van der Waals surface area contributed by atoms with Gasteiger partial charge in [-0.15, -0.1) is 0 Å². The van der Waals surface area contributed by atoms with Crippen molar-refractivity contribution >= 4 is 18.2 Å². The molecule has 5 heteroatoms. The molecule has 0 aromatic carbocycles. The van der Waals surface area contributed by atoms with Crippen molar-refractivity contribution in [2.75, 3.05) is 0 Å².